The van der Waals surface area contributed by atoms with Crippen LogP contribution in [-0.4, -0.2) is 35.6 Å². The summed E-state index contributed by atoms with van der Waals surface area (Å²) in [5, 5.41) is 12.8. The van der Waals surface area contributed by atoms with Crippen molar-refractivity contribution in [2.24, 2.45) is 5.84 Å². The van der Waals surface area contributed by atoms with Gasteiger partial charge in [0.15, 0.2) is 5.69 Å². The van der Waals surface area contributed by atoms with E-state index in [0.29, 0.717) is 25.3 Å². The third-order valence-electron chi connectivity index (χ3n) is 5.79. The maximum atomic E-state index is 13.6. The predicted octanol–water partition coefficient (Wildman–Crippen LogP) is -0.0305. The number of nitrogens with two attached hydrogens (primary N) is 1. The number of sulfonamides is 1. The number of nitrogens with zero attached hydrogens (tertiary/aromatic N) is 2. The van der Waals surface area contributed by atoms with Gasteiger partial charge in [0.1, 0.15) is 17.2 Å². The van der Waals surface area contributed by atoms with Crippen LogP contribution >= 0.6 is 0 Å². The van der Waals surface area contributed by atoms with Crippen LogP contribution in [0.1, 0.15) is 47.6 Å². The molecule has 0 unspecified atom stereocenters. The van der Waals surface area contributed by atoms with Crippen LogP contribution in [0.3, 0.4) is 0 Å². The van der Waals surface area contributed by atoms with Gasteiger partial charge >= 0.3 is 0 Å². The second-order valence-corrected chi connectivity index (χ2v) is 9.38. The Morgan fingerprint density at radius 2 is 2.06 bits per heavy atom. The molecule has 1 saturated carbocycles. The number of hydrazine groups is 1. The van der Waals surface area contributed by atoms with Gasteiger partial charge < -0.3 is 15.2 Å². The zero-order valence-corrected chi connectivity index (χ0v) is 17.7. The summed E-state index contributed by atoms with van der Waals surface area (Å²) in [4.78, 5) is 30.9. The number of fused-ring (bicyclic) bond motifs is 2. The molecule has 11 nitrogen and oxygen atoms in total. The first kappa shape index (κ1) is 22.3. The van der Waals surface area contributed by atoms with Gasteiger partial charge in [0.05, 0.1) is 18.0 Å². The summed E-state index contributed by atoms with van der Waals surface area (Å²) in [5.41, 5.74) is -1.96. The van der Waals surface area contributed by atoms with Gasteiger partial charge in [0.25, 0.3) is 21.5 Å². The predicted molar refractivity (Wildman–Crippen MR) is 108 cm³/mol. The standard InChI is InChI=1S/C19H22FN5O6S/c20-12-4-3-11(13(9-12)32(29,30)24-21)10-22-16(27)14-15(26)17(28)25-7-8-31-19(18(25)23-14)5-1-2-6-19/h3-4,9,24,26H,1-2,5-8,10,21H2,(H,22,27). The molecule has 0 atom stereocenters. The number of aromatic nitrogens is 2. The van der Waals surface area contributed by atoms with Crippen molar-refractivity contribution in [3.63, 3.8) is 0 Å². The lowest BCUT2D eigenvalue weighted by atomic mass is 9.99. The van der Waals surface area contributed by atoms with Crippen LogP contribution in [0.15, 0.2) is 27.9 Å². The normalized spacial score (nSPS) is 17.3. The number of carbonyl (C=O) groups excluding carboxylic acids is 1. The Balaban J connectivity index is 1.66. The third kappa shape index (κ3) is 3.77. The average molecular weight is 467 g/mol. The maximum Gasteiger partial charge on any atom is 0.296 e. The Bertz CT molecular complexity index is 1240. The van der Waals surface area contributed by atoms with Crippen molar-refractivity contribution in [1.82, 2.24) is 19.7 Å². The lowest BCUT2D eigenvalue weighted by Crippen LogP contribution is -2.44. The van der Waals surface area contributed by atoms with Gasteiger partial charge in [-0.3, -0.25) is 20.0 Å². The Kier molecular flexibility index (Phi) is 5.75. The molecule has 5 N–H and O–H groups in total. The van der Waals surface area contributed by atoms with E-state index in [2.05, 4.69) is 10.3 Å². The lowest BCUT2D eigenvalue weighted by molar-refractivity contribution is -0.0789. The van der Waals surface area contributed by atoms with Crippen molar-refractivity contribution in [2.45, 2.75) is 49.3 Å². The number of benzene rings is 1. The van der Waals surface area contributed by atoms with E-state index in [0.717, 1.165) is 25.0 Å². The average Bonchev–Trinajstić information content (AvgIpc) is 3.24. The number of amides is 1. The first-order valence-corrected chi connectivity index (χ1v) is 11.4. The van der Waals surface area contributed by atoms with Crippen LogP contribution < -0.4 is 21.5 Å². The summed E-state index contributed by atoms with van der Waals surface area (Å²) in [7, 11) is -4.20. The van der Waals surface area contributed by atoms with Crippen LogP contribution in [-0.2, 0) is 33.5 Å². The highest BCUT2D eigenvalue weighted by Crippen LogP contribution is 2.42. The van der Waals surface area contributed by atoms with E-state index in [9.17, 15) is 27.5 Å². The molecule has 32 heavy (non-hydrogen) atoms. The highest BCUT2D eigenvalue weighted by atomic mass is 32.2. The number of rotatable bonds is 5. The summed E-state index contributed by atoms with van der Waals surface area (Å²) >= 11 is 0. The van der Waals surface area contributed by atoms with Crippen LogP contribution in [0.5, 0.6) is 5.75 Å². The number of hydrogen-bond donors (Lipinski definition) is 4. The van der Waals surface area contributed by atoms with Crippen LogP contribution in [0, 0.1) is 5.82 Å². The smallest absolute Gasteiger partial charge is 0.296 e. The van der Waals surface area contributed by atoms with Gasteiger partial charge in [-0.15, -0.1) is 0 Å². The van der Waals surface area contributed by atoms with Crippen molar-refractivity contribution >= 4 is 15.9 Å². The number of nitrogens with one attached hydrogen (secondary N) is 2. The molecule has 1 aliphatic carbocycles. The molecule has 172 valence electrons. The minimum absolute atomic E-state index is 0.0440. The Hall–Kier alpha value is -2.87. The minimum Gasteiger partial charge on any atom is -0.501 e. The van der Waals surface area contributed by atoms with Gasteiger partial charge in [0.2, 0.25) is 5.75 Å². The summed E-state index contributed by atoms with van der Waals surface area (Å²) in [6.07, 6.45) is 3.06. The molecule has 0 saturated heterocycles. The molecule has 0 radical (unpaired) electrons. The van der Waals surface area contributed by atoms with Gasteiger partial charge in [-0.25, -0.2) is 17.8 Å². The van der Waals surface area contributed by atoms with E-state index < -0.39 is 49.2 Å². The SMILES string of the molecule is NNS(=O)(=O)c1cc(F)ccc1CNC(=O)c1nc2n(c(=O)c1O)CCOC21CCCC1. The molecular weight excluding hydrogens is 445 g/mol. The van der Waals surface area contributed by atoms with Crippen molar-refractivity contribution in [3.05, 3.63) is 51.5 Å². The zero-order valence-electron chi connectivity index (χ0n) is 16.9. The van der Waals surface area contributed by atoms with Crippen molar-refractivity contribution in [2.75, 3.05) is 6.61 Å². The lowest BCUT2D eigenvalue weighted by Gasteiger charge is -2.35. The molecule has 1 aromatic heterocycles. The second-order valence-electron chi connectivity index (χ2n) is 7.70. The van der Waals surface area contributed by atoms with Crippen molar-refractivity contribution in [1.29, 1.82) is 0 Å². The van der Waals surface area contributed by atoms with E-state index >= 15 is 0 Å². The molecule has 1 fully saturated rings. The molecule has 1 spiro atoms. The highest BCUT2D eigenvalue weighted by Gasteiger charge is 2.44. The fraction of sp³-hybridized carbons (Fsp3) is 0.421. The Morgan fingerprint density at radius 1 is 1.34 bits per heavy atom. The summed E-state index contributed by atoms with van der Waals surface area (Å²) < 4.78 is 45.0. The quantitative estimate of drug-likeness (QED) is 0.351. The number of carbonyl (C=O) groups is 1. The fourth-order valence-electron chi connectivity index (χ4n) is 4.22. The number of hydrogen-bond acceptors (Lipinski definition) is 8. The summed E-state index contributed by atoms with van der Waals surface area (Å²) in [6.45, 7) is 0.161. The molecule has 1 aliphatic heterocycles. The maximum absolute atomic E-state index is 13.6. The van der Waals surface area contributed by atoms with Crippen molar-refractivity contribution < 1.29 is 27.4 Å². The second kappa shape index (κ2) is 8.24. The van der Waals surface area contributed by atoms with Crippen LogP contribution in [0.4, 0.5) is 4.39 Å². The first-order valence-electron chi connectivity index (χ1n) is 9.96. The molecule has 1 amide bonds. The number of aromatic hydroxyl groups is 1. The van der Waals surface area contributed by atoms with Crippen molar-refractivity contribution in [3.8, 4) is 5.75 Å². The number of ether oxygens (including phenoxy) is 1. The summed E-state index contributed by atoms with van der Waals surface area (Å²) in [6, 6.07) is 2.97. The fourth-order valence-corrected chi connectivity index (χ4v) is 5.10. The molecular formula is C19H22FN5O6S. The van der Waals surface area contributed by atoms with E-state index in [4.69, 9.17) is 10.6 Å². The molecule has 13 heteroatoms. The minimum atomic E-state index is -4.20. The molecule has 2 aliphatic rings. The van der Waals surface area contributed by atoms with E-state index in [1.165, 1.54) is 10.6 Å². The first-order chi connectivity index (χ1) is 15.2. The third-order valence-corrected chi connectivity index (χ3v) is 7.06. The highest BCUT2D eigenvalue weighted by molar-refractivity contribution is 7.89. The van der Waals surface area contributed by atoms with Gasteiger partial charge in [-0.1, -0.05) is 6.07 Å². The van der Waals surface area contributed by atoms with Gasteiger partial charge in [0, 0.05) is 6.54 Å². The van der Waals surface area contributed by atoms with E-state index in [1.54, 1.807) is 4.83 Å². The topological polar surface area (TPSA) is 166 Å². The van der Waals surface area contributed by atoms with Gasteiger partial charge in [-0.05, 0) is 43.4 Å². The Morgan fingerprint density at radius 3 is 2.75 bits per heavy atom. The molecule has 0 bridgehead atoms. The van der Waals surface area contributed by atoms with E-state index in [-0.39, 0.29) is 18.7 Å². The summed E-state index contributed by atoms with van der Waals surface area (Å²) in [5.74, 6) is 2.81. The Labute approximate surface area is 182 Å². The van der Waals surface area contributed by atoms with Gasteiger partial charge in [-0.2, -0.15) is 4.83 Å². The largest absolute Gasteiger partial charge is 0.501 e. The molecule has 2 heterocycles. The van der Waals surface area contributed by atoms with Crippen LogP contribution in [0.25, 0.3) is 0 Å². The molecule has 4 rings (SSSR count). The van der Waals surface area contributed by atoms with E-state index in [1.807, 2.05) is 0 Å². The molecule has 1 aromatic carbocycles. The zero-order chi connectivity index (χ0) is 23.1. The molecule has 2 aromatic rings. The number of halogens is 1. The van der Waals surface area contributed by atoms with Crippen LogP contribution in [0.2, 0.25) is 0 Å². The monoisotopic (exact) mass is 467 g/mol.